The Morgan fingerprint density at radius 2 is 2.06 bits per heavy atom. The van der Waals surface area contributed by atoms with Crippen LogP contribution in [-0.4, -0.2) is 15.0 Å². The van der Waals surface area contributed by atoms with E-state index in [0.717, 1.165) is 27.5 Å². The van der Waals surface area contributed by atoms with Crippen molar-refractivity contribution in [2.24, 2.45) is 0 Å². The van der Waals surface area contributed by atoms with Crippen molar-refractivity contribution in [3.8, 4) is 0 Å². The van der Waals surface area contributed by atoms with Gasteiger partial charge in [0.05, 0.1) is 16.0 Å². The van der Waals surface area contributed by atoms with Crippen molar-refractivity contribution in [1.82, 2.24) is 9.97 Å². The third-order valence-electron chi connectivity index (χ3n) is 3.23. The summed E-state index contributed by atoms with van der Waals surface area (Å²) >= 11 is 5.36. The highest BCUT2D eigenvalue weighted by Gasteiger charge is 2.35. The van der Waals surface area contributed by atoms with Crippen molar-refractivity contribution in [1.29, 1.82) is 0 Å². The summed E-state index contributed by atoms with van der Waals surface area (Å²) in [5, 5.41) is 3.27. The number of benzene rings is 1. The topological polar surface area (TPSA) is 40.7 Å². The van der Waals surface area contributed by atoms with Gasteiger partial charge in [-0.2, -0.15) is 0 Å². The maximum atomic E-state index is 5.36. The number of aromatic nitrogens is 2. The first kappa shape index (κ1) is 9.78. The summed E-state index contributed by atoms with van der Waals surface area (Å²) < 4.78 is 0. The van der Waals surface area contributed by atoms with Gasteiger partial charge in [-0.05, 0) is 38.5 Å². The first-order valence-electron chi connectivity index (χ1n) is 5.31. The van der Waals surface area contributed by atoms with Gasteiger partial charge in [0.15, 0.2) is 0 Å². The van der Waals surface area contributed by atoms with Gasteiger partial charge in [-0.25, -0.2) is 4.98 Å². The highest BCUT2D eigenvalue weighted by Crippen LogP contribution is 2.39. The van der Waals surface area contributed by atoms with E-state index in [0.29, 0.717) is 0 Å². The molecule has 4 heteroatoms. The maximum Gasteiger partial charge on any atom is 0.104 e. The predicted molar refractivity (Wildman–Crippen MR) is 70.1 cm³/mol. The van der Waals surface area contributed by atoms with Gasteiger partial charge in [0.2, 0.25) is 0 Å². The number of aryl methyl sites for hydroxylation is 1. The molecule has 82 valence electrons. The first-order chi connectivity index (χ1) is 7.48. The molecule has 2 N–H and O–H groups in total. The molecule has 0 fully saturated rings. The number of imidazole rings is 1. The molecule has 0 amide bonds. The third kappa shape index (κ3) is 1.13. The molecular formula is C12H13N3S. The van der Waals surface area contributed by atoms with Crippen LogP contribution in [0.15, 0.2) is 12.1 Å². The summed E-state index contributed by atoms with van der Waals surface area (Å²) in [5.41, 5.74) is 4.31. The molecule has 0 unspecified atom stereocenters. The van der Waals surface area contributed by atoms with E-state index < -0.39 is 0 Å². The lowest BCUT2D eigenvalue weighted by Gasteiger charge is -2.17. The molecule has 0 atom stereocenters. The number of nitrogens with zero attached hydrogens (tertiary/aromatic N) is 1. The predicted octanol–water partition coefficient (Wildman–Crippen LogP) is 2.90. The molecule has 0 saturated carbocycles. The highest BCUT2D eigenvalue weighted by atomic mass is 32.1. The van der Waals surface area contributed by atoms with E-state index in [9.17, 15) is 0 Å². The molecule has 3 nitrogen and oxygen atoms in total. The molecule has 3 rings (SSSR count). The second-order valence-electron chi connectivity index (χ2n) is 4.82. The Labute approximate surface area is 99.3 Å². The van der Waals surface area contributed by atoms with Crippen molar-refractivity contribution in [3.63, 3.8) is 0 Å². The standard InChI is InChI=1S/C12H13N3S/c1-6-13-9-4-7-8(5-10(9)14-6)15-11(16)12(7,2)3/h4-5H,1-3H3,(H,13,14)(H,15,16). The number of thiocarbonyl (C=S) groups is 1. The van der Waals surface area contributed by atoms with Crippen LogP contribution >= 0.6 is 12.2 Å². The number of hydrogen-bond donors (Lipinski definition) is 2. The minimum absolute atomic E-state index is 0.0916. The number of H-pyrrole nitrogens is 1. The summed E-state index contributed by atoms with van der Waals surface area (Å²) in [6.07, 6.45) is 0. The lowest BCUT2D eigenvalue weighted by atomic mass is 9.86. The van der Waals surface area contributed by atoms with E-state index >= 15 is 0 Å². The van der Waals surface area contributed by atoms with Gasteiger partial charge in [-0.15, -0.1) is 0 Å². The normalized spacial score (nSPS) is 17.6. The second-order valence-corrected chi connectivity index (χ2v) is 5.22. The Balaban J connectivity index is 2.33. The molecule has 2 aromatic rings. The van der Waals surface area contributed by atoms with Crippen LogP contribution in [-0.2, 0) is 5.41 Å². The van der Waals surface area contributed by atoms with Crippen molar-refractivity contribution in [2.75, 3.05) is 5.32 Å². The van der Waals surface area contributed by atoms with E-state index in [-0.39, 0.29) is 5.41 Å². The van der Waals surface area contributed by atoms with Crippen molar-refractivity contribution >= 4 is 33.9 Å². The second kappa shape index (κ2) is 2.83. The van der Waals surface area contributed by atoms with Gasteiger partial charge in [0.25, 0.3) is 0 Å². The summed E-state index contributed by atoms with van der Waals surface area (Å²) in [7, 11) is 0. The number of nitrogens with one attached hydrogen (secondary N) is 2. The molecule has 16 heavy (non-hydrogen) atoms. The van der Waals surface area contributed by atoms with Gasteiger partial charge >= 0.3 is 0 Å². The van der Waals surface area contributed by atoms with Crippen LogP contribution in [0.1, 0.15) is 25.2 Å². The Morgan fingerprint density at radius 3 is 2.81 bits per heavy atom. The largest absolute Gasteiger partial charge is 0.349 e. The van der Waals surface area contributed by atoms with E-state index in [2.05, 4.69) is 41.3 Å². The molecule has 0 bridgehead atoms. The van der Waals surface area contributed by atoms with Gasteiger partial charge in [-0.3, -0.25) is 0 Å². The number of aromatic amines is 1. The summed E-state index contributed by atoms with van der Waals surface area (Å²) in [6, 6.07) is 4.21. The number of fused-ring (bicyclic) bond motifs is 2. The van der Waals surface area contributed by atoms with Crippen LogP contribution in [0.3, 0.4) is 0 Å². The fourth-order valence-corrected chi connectivity index (χ4v) is 2.43. The average molecular weight is 231 g/mol. The summed E-state index contributed by atoms with van der Waals surface area (Å²) in [4.78, 5) is 8.57. The maximum absolute atomic E-state index is 5.36. The smallest absolute Gasteiger partial charge is 0.104 e. The van der Waals surface area contributed by atoms with E-state index in [1.54, 1.807) is 0 Å². The van der Waals surface area contributed by atoms with Crippen LogP contribution < -0.4 is 5.32 Å². The molecule has 1 aromatic carbocycles. The Kier molecular flexibility index (Phi) is 1.73. The van der Waals surface area contributed by atoms with Crippen LogP contribution in [0.4, 0.5) is 5.69 Å². The minimum Gasteiger partial charge on any atom is -0.349 e. The molecule has 1 aliphatic heterocycles. The number of rotatable bonds is 0. The fraction of sp³-hybridized carbons (Fsp3) is 0.333. The van der Waals surface area contributed by atoms with Crippen molar-refractivity contribution in [3.05, 3.63) is 23.5 Å². The Bertz CT molecular complexity index is 610. The van der Waals surface area contributed by atoms with Crippen molar-refractivity contribution in [2.45, 2.75) is 26.2 Å². The van der Waals surface area contributed by atoms with Gasteiger partial charge in [0.1, 0.15) is 5.82 Å². The molecule has 0 aliphatic carbocycles. The Hall–Kier alpha value is -1.42. The Morgan fingerprint density at radius 1 is 1.31 bits per heavy atom. The van der Waals surface area contributed by atoms with E-state index in [1.165, 1.54) is 5.56 Å². The lowest BCUT2D eigenvalue weighted by molar-refractivity contribution is 0.748. The fourth-order valence-electron chi connectivity index (χ4n) is 2.21. The molecule has 0 spiro atoms. The summed E-state index contributed by atoms with van der Waals surface area (Å²) in [6.45, 7) is 6.24. The molecule has 1 aromatic heterocycles. The highest BCUT2D eigenvalue weighted by molar-refractivity contribution is 7.80. The SMILES string of the molecule is Cc1nc2cc3c(cc2[nH]1)NC(=S)C3(C)C. The average Bonchev–Trinajstić information content (AvgIpc) is 2.63. The van der Waals surface area contributed by atoms with E-state index in [4.69, 9.17) is 12.2 Å². The molecule has 0 saturated heterocycles. The zero-order valence-electron chi connectivity index (χ0n) is 9.51. The zero-order chi connectivity index (χ0) is 11.5. The molecular weight excluding hydrogens is 218 g/mol. The van der Waals surface area contributed by atoms with Crippen LogP contribution in [0.5, 0.6) is 0 Å². The first-order valence-corrected chi connectivity index (χ1v) is 5.71. The molecule has 1 aliphatic rings. The lowest BCUT2D eigenvalue weighted by Crippen LogP contribution is -2.25. The monoisotopic (exact) mass is 231 g/mol. The van der Waals surface area contributed by atoms with Gasteiger partial charge in [0, 0.05) is 11.1 Å². The minimum atomic E-state index is -0.0916. The number of anilines is 1. The van der Waals surface area contributed by atoms with Crippen LogP contribution in [0.25, 0.3) is 11.0 Å². The van der Waals surface area contributed by atoms with Crippen LogP contribution in [0, 0.1) is 6.92 Å². The summed E-state index contributed by atoms with van der Waals surface area (Å²) in [5.74, 6) is 0.944. The quantitative estimate of drug-likeness (QED) is 0.685. The van der Waals surface area contributed by atoms with Gasteiger partial charge < -0.3 is 10.3 Å². The third-order valence-corrected chi connectivity index (χ3v) is 3.84. The van der Waals surface area contributed by atoms with Gasteiger partial charge in [-0.1, -0.05) is 12.2 Å². The van der Waals surface area contributed by atoms with Crippen molar-refractivity contribution < 1.29 is 0 Å². The van der Waals surface area contributed by atoms with Crippen LogP contribution in [0.2, 0.25) is 0 Å². The number of hydrogen-bond acceptors (Lipinski definition) is 2. The zero-order valence-corrected chi connectivity index (χ0v) is 10.3. The molecule has 2 heterocycles. The molecule has 0 radical (unpaired) electrons. The van der Waals surface area contributed by atoms with E-state index in [1.807, 2.05) is 6.92 Å².